The molecule has 1 unspecified atom stereocenters. The molecule has 1 atom stereocenters. The smallest absolute Gasteiger partial charge is 0.338 e. The van der Waals surface area contributed by atoms with Crippen LogP contribution in [0.3, 0.4) is 0 Å². The molecule has 1 fully saturated rings. The van der Waals surface area contributed by atoms with Crippen LogP contribution in [0, 0.1) is 0 Å². The zero-order chi connectivity index (χ0) is 23.1. The first-order chi connectivity index (χ1) is 15.3. The second kappa shape index (κ2) is 10.9. The van der Waals surface area contributed by atoms with Crippen LogP contribution in [0.1, 0.15) is 35.7 Å². The minimum atomic E-state index is -3.96. The molecule has 0 spiro atoms. The number of carbonyl (C=O) groups excluding carboxylic acids is 2. The Morgan fingerprint density at radius 2 is 2.03 bits per heavy atom. The van der Waals surface area contributed by atoms with Crippen LogP contribution in [0.15, 0.2) is 47.4 Å². The summed E-state index contributed by atoms with van der Waals surface area (Å²) in [5.74, 6) is -1.35. The summed E-state index contributed by atoms with van der Waals surface area (Å²) in [5.41, 5.74) is 1.62. The number of hydrogen-bond acceptors (Lipinski definition) is 6. The molecule has 3 rings (SSSR count). The van der Waals surface area contributed by atoms with Gasteiger partial charge in [0.05, 0.1) is 16.7 Å². The maximum Gasteiger partial charge on any atom is 0.338 e. The van der Waals surface area contributed by atoms with E-state index in [0.29, 0.717) is 12.3 Å². The third kappa shape index (κ3) is 6.52. The number of esters is 1. The Hall–Kier alpha value is -2.46. The number of amides is 1. The molecule has 0 saturated carbocycles. The lowest BCUT2D eigenvalue weighted by atomic mass is 10.1. The molecule has 0 aromatic heterocycles. The number of nitrogens with one attached hydrogen (secondary N) is 2. The highest BCUT2D eigenvalue weighted by Crippen LogP contribution is 2.23. The van der Waals surface area contributed by atoms with Crippen molar-refractivity contribution in [3.05, 3.63) is 58.6 Å². The molecule has 2 aromatic carbocycles. The third-order valence-corrected chi connectivity index (χ3v) is 6.84. The van der Waals surface area contributed by atoms with Crippen LogP contribution in [0.4, 0.5) is 5.69 Å². The van der Waals surface area contributed by atoms with E-state index < -0.39 is 28.5 Å². The van der Waals surface area contributed by atoms with Gasteiger partial charge in [-0.2, -0.15) is 0 Å². The fourth-order valence-corrected chi connectivity index (χ4v) is 4.79. The van der Waals surface area contributed by atoms with Crippen molar-refractivity contribution in [2.75, 3.05) is 25.1 Å². The number of rotatable bonds is 9. The molecule has 32 heavy (non-hydrogen) atoms. The minimum Gasteiger partial charge on any atom is -0.452 e. The predicted molar refractivity (Wildman–Crippen MR) is 120 cm³/mol. The number of ether oxygens (including phenoxy) is 2. The summed E-state index contributed by atoms with van der Waals surface area (Å²) in [4.78, 5) is 24.2. The first-order valence-corrected chi connectivity index (χ1v) is 12.1. The van der Waals surface area contributed by atoms with E-state index >= 15 is 0 Å². The lowest BCUT2D eigenvalue weighted by Crippen LogP contribution is -2.32. The predicted octanol–water partition coefficient (Wildman–Crippen LogP) is 3.16. The Balaban J connectivity index is 1.60. The lowest BCUT2D eigenvalue weighted by molar-refractivity contribution is -0.119. The largest absolute Gasteiger partial charge is 0.452 e. The Labute approximate surface area is 192 Å². The topological polar surface area (TPSA) is 111 Å². The minimum absolute atomic E-state index is 0.0325. The number of anilines is 1. The van der Waals surface area contributed by atoms with Gasteiger partial charge in [-0.3, -0.25) is 4.79 Å². The Morgan fingerprint density at radius 1 is 1.22 bits per heavy atom. The summed E-state index contributed by atoms with van der Waals surface area (Å²) in [5, 5.41) is 2.62. The third-order valence-electron chi connectivity index (χ3n) is 4.93. The molecule has 1 saturated heterocycles. The van der Waals surface area contributed by atoms with Crippen LogP contribution in [-0.2, 0) is 30.7 Å². The van der Waals surface area contributed by atoms with Gasteiger partial charge in [0.25, 0.3) is 5.91 Å². The molecule has 8 nitrogen and oxygen atoms in total. The molecule has 2 N–H and O–H groups in total. The van der Waals surface area contributed by atoms with Crippen molar-refractivity contribution < 1.29 is 27.5 Å². The SMILES string of the molecule is CCc1cccc(NC(=O)COC(=O)c2ccc(Cl)c(S(=O)(=O)NCC3CCCO3)c2)c1. The van der Waals surface area contributed by atoms with Crippen molar-refractivity contribution >= 4 is 39.2 Å². The van der Waals surface area contributed by atoms with E-state index in [-0.39, 0.29) is 28.1 Å². The zero-order valence-corrected chi connectivity index (χ0v) is 19.2. The van der Waals surface area contributed by atoms with Gasteiger partial charge in [0.1, 0.15) is 4.90 Å². The maximum atomic E-state index is 12.6. The highest BCUT2D eigenvalue weighted by molar-refractivity contribution is 7.89. The van der Waals surface area contributed by atoms with Crippen LogP contribution in [-0.4, -0.2) is 46.2 Å². The number of sulfonamides is 1. The fourth-order valence-electron chi connectivity index (χ4n) is 3.20. The van der Waals surface area contributed by atoms with Gasteiger partial charge in [-0.25, -0.2) is 17.9 Å². The summed E-state index contributed by atoms with van der Waals surface area (Å²) >= 11 is 6.06. The zero-order valence-electron chi connectivity index (χ0n) is 17.6. The van der Waals surface area contributed by atoms with Crippen LogP contribution in [0.2, 0.25) is 5.02 Å². The molecule has 1 amide bonds. The fraction of sp³-hybridized carbons (Fsp3) is 0.364. The number of halogens is 1. The Kier molecular flexibility index (Phi) is 8.25. The van der Waals surface area contributed by atoms with Gasteiger partial charge in [-0.15, -0.1) is 0 Å². The molecule has 10 heteroatoms. The molecule has 0 radical (unpaired) electrons. The van der Waals surface area contributed by atoms with E-state index in [9.17, 15) is 18.0 Å². The lowest BCUT2D eigenvalue weighted by Gasteiger charge is -2.13. The van der Waals surface area contributed by atoms with Crippen molar-refractivity contribution in [3.8, 4) is 0 Å². The average molecular weight is 481 g/mol. The van der Waals surface area contributed by atoms with E-state index in [0.717, 1.165) is 30.9 Å². The number of carbonyl (C=O) groups is 2. The van der Waals surface area contributed by atoms with Crippen molar-refractivity contribution in [1.29, 1.82) is 0 Å². The molecule has 1 aliphatic rings. The van der Waals surface area contributed by atoms with E-state index in [2.05, 4.69) is 10.0 Å². The summed E-state index contributed by atoms with van der Waals surface area (Å²) in [6.07, 6.45) is 2.29. The highest BCUT2D eigenvalue weighted by atomic mass is 35.5. The van der Waals surface area contributed by atoms with Gasteiger partial charge in [0, 0.05) is 18.8 Å². The van der Waals surface area contributed by atoms with Crippen LogP contribution in [0.5, 0.6) is 0 Å². The Morgan fingerprint density at radius 3 is 2.75 bits per heavy atom. The molecule has 1 aliphatic heterocycles. The average Bonchev–Trinajstić information content (AvgIpc) is 3.30. The molecule has 0 bridgehead atoms. The molecular formula is C22H25ClN2O6S. The Bertz CT molecular complexity index is 1080. The van der Waals surface area contributed by atoms with Gasteiger partial charge < -0.3 is 14.8 Å². The van der Waals surface area contributed by atoms with Crippen LogP contribution >= 0.6 is 11.6 Å². The molecule has 1 heterocycles. The van der Waals surface area contributed by atoms with Crippen LogP contribution < -0.4 is 10.0 Å². The molecule has 0 aliphatic carbocycles. The van der Waals surface area contributed by atoms with Gasteiger partial charge in [-0.05, 0) is 55.2 Å². The van der Waals surface area contributed by atoms with Gasteiger partial charge in [0.15, 0.2) is 6.61 Å². The quantitative estimate of drug-likeness (QED) is 0.533. The first-order valence-electron chi connectivity index (χ1n) is 10.2. The standard InChI is InChI=1S/C22H25ClN2O6S/c1-2-15-5-3-6-17(11-15)25-21(26)14-31-22(27)16-8-9-19(23)20(12-16)32(28,29)24-13-18-7-4-10-30-18/h3,5-6,8-9,11-12,18,24H,2,4,7,10,13-14H2,1H3,(H,25,26). The second-order valence-electron chi connectivity index (χ2n) is 7.31. The van der Waals surface area contributed by atoms with Gasteiger partial charge >= 0.3 is 5.97 Å². The highest BCUT2D eigenvalue weighted by Gasteiger charge is 2.24. The summed E-state index contributed by atoms with van der Waals surface area (Å²) in [6.45, 7) is 2.21. The van der Waals surface area contributed by atoms with Crippen molar-refractivity contribution in [1.82, 2.24) is 4.72 Å². The number of benzene rings is 2. The van der Waals surface area contributed by atoms with Crippen molar-refractivity contribution in [2.24, 2.45) is 0 Å². The molecular weight excluding hydrogens is 456 g/mol. The monoisotopic (exact) mass is 480 g/mol. The van der Waals surface area contributed by atoms with Crippen LogP contribution in [0.25, 0.3) is 0 Å². The first kappa shape index (κ1) is 24.2. The maximum absolute atomic E-state index is 12.6. The number of hydrogen-bond donors (Lipinski definition) is 2. The van der Waals surface area contributed by atoms with E-state index in [1.165, 1.54) is 12.1 Å². The van der Waals surface area contributed by atoms with Gasteiger partial charge in [0.2, 0.25) is 10.0 Å². The normalized spacial score (nSPS) is 16.0. The van der Waals surface area contributed by atoms with E-state index in [4.69, 9.17) is 21.1 Å². The van der Waals surface area contributed by atoms with Crippen molar-refractivity contribution in [3.63, 3.8) is 0 Å². The van der Waals surface area contributed by atoms with E-state index in [1.54, 1.807) is 6.07 Å². The molecule has 2 aromatic rings. The number of aryl methyl sites for hydroxylation is 1. The molecule has 172 valence electrons. The van der Waals surface area contributed by atoms with Crippen molar-refractivity contribution in [2.45, 2.75) is 37.2 Å². The summed E-state index contributed by atoms with van der Waals surface area (Å²) < 4.78 is 38.2. The summed E-state index contributed by atoms with van der Waals surface area (Å²) in [7, 11) is -3.96. The second-order valence-corrected chi connectivity index (χ2v) is 9.45. The van der Waals surface area contributed by atoms with E-state index in [1.807, 2.05) is 25.1 Å². The summed E-state index contributed by atoms with van der Waals surface area (Å²) in [6, 6.07) is 11.1. The van der Waals surface area contributed by atoms with Gasteiger partial charge in [-0.1, -0.05) is 30.7 Å².